The summed E-state index contributed by atoms with van der Waals surface area (Å²) in [5.41, 5.74) is 0.300. The zero-order chi connectivity index (χ0) is 13.7. The molecule has 0 aliphatic heterocycles. The first kappa shape index (κ1) is 14.2. The number of hydrogen-bond acceptors (Lipinski definition) is 5. The van der Waals surface area contributed by atoms with Crippen LogP contribution in [-0.2, 0) is 9.47 Å². The zero-order valence-corrected chi connectivity index (χ0v) is 11.4. The SMILES string of the molecule is COCCOC1CC(N(Cl)C(=O)c2ccncn2)C1. The number of halogens is 1. The van der Waals surface area contributed by atoms with Crippen molar-refractivity contribution in [2.75, 3.05) is 20.3 Å². The maximum atomic E-state index is 12.0. The summed E-state index contributed by atoms with van der Waals surface area (Å²) in [6.07, 6.45) is 4.48. The number of carbonyl (C=O) groups is 1. The lowest BCUT2D eigenvalue weighted by Crippen LogP contribution is -2.46. The Balaban J connectivity index is 1.77. The Morgan fingerprint density at radius 2 is 2.32 bits per heavy atom. The fourth-order valence-electron chi connectivity index (χ4n) is 1.85. The van der Waals surface area contributed by atoms with Gasteiger partial charge in [-0.1, -0.05) is 0 Å². The summed E-state index contributed by atoms with van der Waals surface area (Å²) in [5, 5.41) is 0. The highest BCUT2D eigenvalue weighted by Gasteiger charge is 2.36. The Bertz CT molecular complexity index is 412. The average molecular weight is 286 g/mol. The van der Waals surface area contributed by atoms with Crippen LogP contribution in [0.15, 0.2) is 18.6 Å². The van der Waals surface area contributed by atoms with Crippen LogP contribution in [0, 0.1) is 0 Å². The van der Waals surface area contributed by atoms with Crippen molar-refractivity contribution in [1.29, 1.82) is 0 Å². The molecule has 1 amide bonds. The van der Waals surface area contributed by atoms with E-state index in [2.05, 4.69) is 9.97 Å². The van der Waals surface area contributed by atoms with Crippen molar-refractivity contribution in [2.24, 2.45) is 0 Å². The number of hydrogen-bond donors (Lipinski definition) is 0. The van der Waals surface area contributed by atoms with Gasteiger partial charge in [-0.2, -0.15) is 0 Å². The molecule has 6 nitrogen and oxygen atoms in total. The van der Waals surface area contributed by atoms with E-state index in [-0.39, 0.29) is 18.1 Å². The second-order valence-electron chi connectivity index (χ2n) is 4.32. The number of aromatic nitrogens is 2. The van der Waals surface area contributed by atoms with E-state index < -0.39 is 0 Å². The van der Waals surface area contributed by atoms with Crippen molar-refractivity contribution in [1.82, 2.24) is 14.4 Å². The summed E-state index contributed by atoms with van der Waals surface area (Å²) >= 11 is 6.04. The Morgan fingerprint density at radius 3 is 2.95 bits per heavy atom. The minimum atomic E-state index is -0.301. The zero-order valence-electron chi connectivity index (χ0n) is 10.7. The average Bonchev–Trinajstić information content (AvgIpc) is 2.41. The summed E-state index contributed by atoms with van der Waals surface area (Å²) in [4.78, 5) is 19.6. The van der Waals surface area contributed by atoms with E-state index in [0.29, 0.717) is 18.9 Å². The molecule has 1 aromatic heterocycles. The monoisotopic (exact) mass is 285 g/mol. The maximum absolute atomic E-state index is 12.0. The smallest absolute Gasteiger partial charge is 0.287 e. The number of nitrogens with zero attached hydrogens (tertiary/aromatic N) is 3. The lowest BCUT2D eigenvalue weighted by molar-refractivity contribution is -0.0457. The number of ether oxygens (including phenoxy) is 2. The van der Waals surface area contributed by atoms with E-state index >= 15 is 0 Å². The van der Waals surface area contributed by atoms with Crippen LogP contribution in [0.2, 0.25) is 0 Å². The predicted molar refractivity (Wildman–Crippen MR) is 68.7 cm³/mol. The lowest BCUT2D eigenvalue weighted by atomic mass is 9.89. The molecule has 1 aromatic rings. The third kappa shape index (κ3) is 3.62. The molecule has 1 aliphatic rings. The summed E-state index contributed by atoms with van der Waals surface area (Å²) in [6, 6.07) is 1.54. The summed E-state index contributed by atoms with van der Waals surface area (Å²) in [5.74, 6) is -0.301. The van der Waals surface area contributed by atoms with Crippen LogP contribution >= 0.6 is 11.8 Å². The van der Waals surface area contributed by atoms with Crippen molar-refractivity contribution in [3.05, 3.63) is 24.3 Å². The van der Waals surface area contributed by atoms with Gasteiger partial charge in [0.1, 0.15) is 12.0 Å². The van der Waals surface area contributed by atoms with Gasteiger partial charge < -0.3 is 9.47 Å². The molecule has 7 heteroatoms. The molecule has 2 rings (SSSR count). The molecule has 0 atom stereocenters. The molecule has 104 valence electrons. The third-order valence-electron chi connectivity index (χ3n) is 3.03. The van der Waals surface area contributed by atoms with Crippen LogP contribution in [0.1, 0.15) is 23.3 Å². The van der Waals surface area contributed by atoms with Crippen LogP contribution in [0.25, 0.3) is 0 Å². The quantitative estimate of drug-likeness (QED) is 0.582. The van der Waals surface area contributed by atoms with Crippen molar-refractivity contribution in [2.45, 2.75) is 25.0 Å². The number of amides is 1. The summed E-state index contributed by atoms with van der Waals surface area (Å²) < 4.78 is 11.6. The van der Waals surface area contributed by atoms with Gasteiger partial charge in [0.25, 0.3) is 5.91 Å². The molecule has 1 heterocycles. The topological polar surface area (TPSA) is 64.6 Å². The molecule has 0 spiro atoms. The predicted octanol–water partition coefficient (Wildman–Crippen LogP) is 1.27. The first-order valence-electron chi connectivity index (χ1n) is 6.08. The fourth-order valence-corrected chi connectivity index (χ4v) is 2.10. The van der Waals surface area contributed by atoms with E-state index in [9.17, 15) is 4.79 Å². The normalized spacial score (nSPS) is 21.8. The van der Waals surface area contributed by atoms with Crippen molar-refractivity contribution in [3.8, 4) is 0 Å². The summed E-state index contributed by atoms with van der Waals surface area (Å²) in [7, 11) is 1.63. The van der Waals surface area contributed by atoms with Gasteiger partial charge in [-0.05, 0) is 18.9 Å². The largest absolute Gasteiger partial charge is 0.382 e. The van der Waals surface area contributed by atoms with E-state index in [1.807, 2.05) is 0 Å². The van der Waals surface area contributed by atoms with E-state index in [4.69, 9.17) is 21.3 Å². The molecule has 0 N–H and O–H groups in total. The highest BCUT2D eigenvalue weighted by atomic mass is 35.5. The molecule has 0 aromatic carbocycles. The molecule has 0 unspecified atom stereocenters. The minimum absolute atomic E-state index is 0.00308. The van der Waals surface area contributed by atoms with Gasteiger partial charge in [-0.3, -0.25) is 4.79 Å². The Labute approximate surface area is 116 Å². The van der Waals surface area contributed by atoms with Crippen LogP contribution in [-0.4, -0.2) is 52.8 Å². The molecular formula is C12H16ClN3O3. The van der Waals surface area contributed by atoms with Gasteiger partial charge in [0.2, 0.25) is 0 Å². The molecular weight excluding hydrogens is 270 g/mol. The molecule has 1 saturated carbocycles. The Hall–Kier alpha value is -1.24. The molecule has 0 radical (unpaired) electrons. The van der Waals surface area contributed by atoms with Gasteiger partial charge in [0.15, 0.2) is 0 Å². The van der Waals surface area contributed by atoms with Crippen molar-refractivity contribution in [3.63, 3.8) is 0 Å². The van der Waals surface area contributed by atoms with Gasteiger partial charge in [-0.25, -0.2) is 14.4 Å². The molecule has 19 heavy (non-hydrogen) atoms. The number of methoxy groups -OCH3 is 1. The molecule has 1 aliphatic carbocycles. The minimum Gasteiger partial charge on any atom is -0.382 e. The van der Waals surface area contributed by atoms with E-state index in [1.165, 1.54) is 16.9 Å². The third-order valence-corrected chi connectivity index (χ3v) is 3.46. The van der Waals surface area contributed by atoms with Gasteiger partial charge in [-0.15, -0.1) is 0 Å². The van der Waals surface area contributed by atoms with Gasteiger partial charge in [0.05, 0.1) is 25.4 Å². The maximum Gasteiger partial charge on any atom is 0.287 e. The lowest BCUT2D eigenvalue weighted by Gasteiger charge is -2.38. The second kappa shape index (κ2) is 6.79. The van der Waals surface area contributed by atoms with Crippen molar-refractivity contribution < 1.29 is 14.3 Å². The first-order chi connectivity index (χ1) is 9.22. The van der Waals surface area contributed by atoms with Gasteiger partial charge in [0, 0.05) is 25.1 Å². The molecule has 0 bridgehead atoms. The second-order valence-corrected chi connectivity index (χ2v) is 4.69. The number of rotatable bonds is 6. The van der Waals surface area contributed by atoms with E-state index in [0.717, 1.165) is 12.8 Å². The van der Waals surface area contributed by atoms with Crippen LogP contribution < -0.4 is 0 Å². The summed E-state index contributed by atoms with van der Waals surface area (Å²) in [6.45, 7) is 1.14. The van der Waals surface area contributed by atoms with E-state index in [1.54, 1.807) is 13.2 Å². The van der Waals surface area contributed by atoms with Crippen LogP contribution in [0.3, 0.4) is 0 Å². The van der Waals surface area contributed by atoms with Crippen LogP contribution in [0.5, 0.6) is 0 Å². The standard InChI is InChI=1S/C12H16ClN3O3/c1-18-4-5-19-10-6-9(7-10)16(13)12(17)11-2-3-14-8-15-11/h2-3,8-10H,4-7H2,1H3. The van der Waals surface area contributed by atoms with Crippen LogP contribution in [0.4, 0.5) is 0 Å². The Kier molecular flexibility index (Phi) is 5.07. The fraction of sp³-hybridized carbons (Fsp3) is 0.583. The Morgan fingerprint density at radius 1 is 1.53 bits per heavy atom. The molecule has 1 fully saturated rings. The highest BCUT2D eigenvalue weighted by Crippen LogP contribution is 2.30. The van der Waals surface area contributed by atoms with Gasteiger partial charge >= 0.3 is 0 Å². The molecule has 0 saturated heterocycles. The highest BCUT2D eigenvalue weighted by molar-refractivity contribution is 6.24. The van der Waals surface area contributed by atoms with Crippen molar-refractivity contribution >= 4 is 17.7 Å². The number of carbonyl (C=O) groups excluding carboxylic acids is 1. The first-order valence-corrected chi connectivity index (χ1v) is 6.42.